The number of rotatable bonds is 6. The van der Waals surface area contributed by atoms with E-state index in [1.807, 2.05) is 6.26 Å². The third kappa shape index (κ3) is 4.17. The Hall–Kier alpha value is -0.800. The van der Waals surface area contributed by atoms with Crippen molar-refractivity contribution in [2.45, 2.75) is 39.3 Å². The highest BCUT2D eigenvalue weighted by Gasteiger charge is 2.18. The van der Waals surface area contributed by atoms with E-state index >= 15 is 0 Å². The zero-order chi connectivity index (χ0) is 12.1. The normalized spacial score (nSPS) is 20.6. The van der Waals surface area contributed by atoms with E-state index < -0.39 is 0 Å². The van der Waals surface area contributed by atoms with Crippen LogP contribution in [-0.2, 0) is 6.54 Å². The molecular formula is C14H24N2O. The van der Waals surface area contributed by atoms with Gasteiger partial charge < -0.3 is 9.73 Å². The quantitative estimate of drug-likeness (QED) is 0.822. The van der Waals surface area contributed by atoms with E-state index in [9.17, 15) is 0 Å². The van der Waals surface area contributed by atoms with Crippen LogP contribution in [0.15, 0.2) is 23.0 Å². The molecule has 0 radical (unpaired) electrons. The van der Waals surface area contributed by atoms with Gasteiger partial charge in [0.15, 0.2) is 0 Å². The Labute approximate surface area is 104 Å². The molecule has 0 spiro atoms. The van der Waals surface area contributed by atoms with Crippen molar-refractivity contribution in [3.63, 3.8) is 0 Å². The van der Waals surface area contributed by atoms with Crippen molar-refractivity contribution in [1.29, 1.82) is 0 Å². The summed E-state index contributed by atoms with van der Waals surface area (Å²) in [7, 11) is 0. The van der Waals surface area contributed by atoms with Gasteiger partial charge in [-0.15, -0.1) is 0 Å². The van der Waals surface area contributed by atoms with Crippen molar-refractivity contribution >= 4 is 0 Å². The first kappa shape index (κ1) is 12.7. The molecule has 1 unspecified atom stereocenters. The Bertz CT molecular complexity index is 302. The van der Waals surface area contributed by atoms with Gasteiger partial charge in [-0.25, -0.2) is 0 Å². The molecule has 1 aliphatic rings. The summed E-state index contributed by atoms with van der Waals surface area (Å²) in [5, 5.41) is 3.57. The summed E-state index contributed by atoms with van der Waals surface area (Å²) >= 11 is 0. The van der Waals surface area contributed by atoms with Gasteiger partial charge in [0.25, 0.3) is 0 Å². The highest BCUT2D eigenvalue weighted by Crippen LogP contribution is 2.12. The van der Waals surface area contributed by atoms with E-state index in [2.05, 4.69) is 30.1 Å². The molecule has 17 heavy (non-hydrogen) atoms. The fourth-order valence-corrected chi connectivity index (χ4v) is 2.59. The molecule has 0 bridgehead atoms. The fourth-order valence-electron chi connectivity index (χ4n) is 2.59. The molecule has 0 aliphatic carbocycles. The lowest BCUT2D eigenvalue weighted by Gasteiger charge is -2.26. The lowest BCUT2D eigenvalue weighted by atomic mass is 10.1. The van der Waals surface area contributed by atoms with E-state index in [-0.39, 0.29) is 0 Å². The molecule has 0 aromatic carbocycles. The van der Waals surface area contributed by atoms with Gasteiger partial charge in [0.1, 0.15) is 0 Å². The van der Waals surface area contributed by atoms with E-state index in [0.717, 1.165) is 19.6 Å². The molecule has 1 atom stereocenters. The maximum atomic E-state index is 5.15. The topological polar surface area (TPSA) is 28.4 Å². The fraction of sp³-hybridized carbons (Fsp3) is 0.714. The highest BCUT2D eigenvalue weighted by molar-refractivity contribution is 5.05. The van der Waals surface area contributed by atoms with Gasteiger partial charge in [0.05, 0.1) is 12.5 Å². The largest absolute Gasteiger partial charge is 0.472 e. The van der Waals surface area contributed by atoms with Crippen LogP contribution in [0.2, 0.25) is 0 Å². The molecule has 96 valence electrons. The first-order chi connectivity index (χ1) is 8.24. The molecule has 1 fully saturated rings. The summed E-state index contributed by atoms with van der Waals surface area (Å²) in [6.45, 7) is 9.07. The van der Waals surface area contributed by atoms with Crippen molar-refractivity contribution in [2.75, 3.05) is 19.6 Å². The molecule has 1 aromatic heterocycles. The summed E-state index contributed by atoms with van der Waals surface area (Å²) in [5.41, 5.74) is 1.28. The highest BCUT2D eigenvalue weighted by atomic mass is 16.3. The van der Waals surface area contributed by atoms with Crippen LogP contribution in [0, 0.1) is 5.92 Å². The second kappa shape index (κ2) is 6.22. The number of furan rings is 1. The van der Waals surface area contributed by atoms with Gasteiger partial charge in [-0.3, -0.25) is 4.90 Å². The molecular weight excluding hydrogens is 212 g/mol. The summed E-state index contributed by atoms with van der Waals surface area (Å²) in [5.74, 6) is 0.711. The molecule has 0 amide bonds. The Balaban J connectivity index is 1.87. The minimum absolute atomic E-state index is 0.681. The standard InChI is InChI=1S/C14H24N2O/c1-12(2)8-16(9-13-5-7-17-11-13)10-14-4-3-6-15-14/h5,7,11-12,14-15H,3-4,6,8-10H2,1-2H3. The van der Waals surface area contributed by atoms with Crippen molar-refractivity contribution in [2.24, 2.45) is 5.92 Å². The SMILES string of the molecule is CC(C)CN(Cc1ccoc1)CC1CCCN1. The van der Waals surface area contributed by atoms with Crippen LogP contribution in [0.1, 0.15) is 32.3 Å². The van der Waals surface area contributed by atoms with E-state index in [1.165, 1.54) is 24.9 Å². The van der Waals surface area contributed by atoms with Crippen LogP contribution in [0.25, 0.3) is 0 Å². The Kier molecular flexibility index (Phi) is 4.63. The van der Waals surface area contributed by atoms with Crippen LogP contribution >= 0.6 is 0 Å². The Morgan fingerprint density at radius 3 is 3.00 bits per heavy atom. The predicted octanol–water partition coefficient (Wildman–Crippen LogP) is 2.49. The van der Waals surface area contributed by atoms with Crippen LogP contribution in [0.4, 0.5) is 0 Å². The average Bonchev–Trinajstić information content (AvgIpc) is 2.89. The lowest BCUT2D eigenvalue weighted by Crippen LogP contribution is -2.38. The number of nitrogens with one attached hydrogen (secondary N) is 1. The maximum absolute atomic E-state index is 5.15. The summed E-state index contributed by atoms with van der Waals surface area (Å²) in [6.07, 6.45) is 6.26. The van der Waals surface area contributed by atoms with E-state index in [0.29, 0.717) is 12.0 Å². The third-order valence-electron chi connectivity index (χ3n) is 3.25. The van der Waals surface area contributed by atoms with Crippen molar-refractivity contribution < 1.29 is 4.42 Å². The number of hydrogen-bond donors (Lipinski definition) is 1. The van der Waals surface area contributed by atoms with Gasteiger partial charge in [-0.05, 0) is 31.4 Å². The Morgan fingerprint density at radius 1 is 1.53 bits per heavy atom. The monoisotopic (exact) mass is 236 g/mol. The first-order valence-corrected chi connectivity index (χ1v) is 6.71. The molecule has 1 aliphatic heterocycles. The average molecular weight is 236 g/mol. The zero-order valence-electron chi connectivity index (χ0n) is 11.0. The second-order valence-corrected chi connectivity index (χ2v) is 5.51. The number of nitrogens with zero attached hydrogens (tertiary/aromatic N) is 1. The third-order valence-corrected chi connectivity index (χ3v) is 3.25. The molecule has 0 saturated carbocycles. The van der Waals surface area contributed by atoms with Crippen molar-refractivity contribution in [1.82, 2.24) is 10.2 Å². The van der Waals surface area contributed by atoms with Crippen molar-refractivity contribution in [3.05, 3.63) is 24.2 Å². The van der Waals surface area contributed by atoms with E-state index in [1.54, 1.807) is 6.26 Å². The zero-order valence-corrected chi connectivity index (χ0v) is 11.0. The minimum atomic E-state index is 0.681. The molecule has 2 rings (SSSR count). The summed E-state index contributed by atoms with van der Waals surface area (Å²) in [4.78, 5) is 2.54. The first-order valence-electron chi connectivity index (χ1n) is 6.71. The molecule has 3 nitrogen and oxygen atoms in total. The van der Waals surface area contributed by atoms with Crippen molar-refractivity contribution in [3.8, 4) is 0 Å². The van der Waals surface area contributed by atoms with E-state index in [4.69, 9.17) is 4.42 Å². The minimum Gasteiger partial charge on any atom is -0.472 e. The van der Waals surface area contributed by atoms with Crippen LogP contribution in [0.5, 0.6) is 0 Å². The molecule has 2 heterocycles. The predicted molar refractivity (Wildman–Crippen MR) is 69.8 cm³/mol. The van der Waals surface area contributed by atoms with Gasteiger partial charge in [0.2, 0.25) is 0 Å². The summed E-state index contributed by atoms with van der Waals surface area (Å²) in [6, 6.07) is 2.75. The smallest absolute Gasteiger partial charge is 0.0947 e. The number of hydrogen-bond acceptors (Lipinski definition) is 3. The summed E-state index contributed by atoms with van der Waals surface area (Å²) < 4.78 is 5.15. The Morgan fingerprint density at radius 2 is 2.41 bits per heavy atom. The van der Waals surface area contributed by atoms with Crippen LogP contribution in [-0.4, -0.2) is 30.6 Å². The lowest BCUT2D eigenvalue weighted by molar-refractivity contribution is 0.215. The van der Waals surface area contributed by atoms with Gasteiger partial charge in [-0.1, -0.05) is 13.8 Å². The molecule has 1 saturated heterocycles. The van der Waals surface area contributed by atoms with Crippen LogP contribution in [0.3, 0.4) is 0 Å². The second-order valence-electron chi connectivity index (χ2n) is 5.51. The van der Waals surface area contributed by atoms with Gasteiger partial charge in [0, 0.05) is 31.2 Å². The molecule has 1 aromatic rings. The van der Waals surface area contributed by atoms with Crippen LogP contribution < -0.4 is 5.32 Å². The molecule has 1 N–H and O–H groups in total. The van der Waals surface area contributed by atoms with Gasteiger partial charge >= 0.3 is 0 Å². The maximum Gasteiger partial charge on any atom is 0.0947 e. The van der Waals surface area contributed by atoms with Gasteiger partial charge in [-0.2, -0.15) is 0 Å². The molecule has 3 heteroatoms.